The third kappa shape index (κ3) is 4.04. The van der Waals surface area contributed by atoms with Crippen molar-refractivity contribution in [2.24, 2.45) is 5.41 Å². The predicted octanol–water partition coefficient (Wildman–Crippen LogP) is 2.43. The van der Waals surface area contributed by atoms with Crippen molar-refractivity contribution < 1.29 is 14.3 Å². The van der Waals surface area contributed by atoms with Gasteiger partial charge >= 0.3 is 0 Å². The first-order chi connectivity index (χ1) is 9.63. The Morgan fingerprint density at radius 2 is 1.90 bits per heavy atom. The van der Waals surface area contributed by atoms with Crippen molar-refractivity contribution in [2.45, 2.75) is 38.5 Å². The number of nitrogens with one attached hydrogen (secondary N) is 1. The number of amides is 1. The Morgan fingerprint density at radius 1 is 1.25 bits per heavy atom. The lowest BCUT2D eigenvalue weighted by Crippen LogP contribution is -2.38. The van der Waals surface area contributed by atoms with Crippen LogP contribution in [0.25, 0.3) is 0 Å². The molecule has 1 aliphatic carbocycles. The van der Waals surface area contributed by atoms with E-state index < -0.39 is 0 Å². The molecule has 1 aliphatic rings. The maximum atomic E-state index is 12.8. The monoisotopic (exact) mass is 279 g/mol. The van der Waals surface area contributed by atoms with Crippen molar-refractivity contribution >= 4 is 5.91 Å². The van der Waals surface area contributed by atoms with Crippen LogP contribution in [0.3, 0.4) is 0 Å². The van der Waals surface area contributed by atoms with Crippen LogP contribution in [0.15, 0.2) is 24.3 Å². The zero-order valence-corrected chi connectivity index (χ0v) is 11.7. The van der Waals surface area contributed by atoms with Gasteiger partial charge in [-0.1, -0.05) is 25.0 Å². The molecule has 0 spiro atoms. The third-order valence-electron chi connectivity index (χ3n) is 4.21. The van der Waals surface area contributed by atoms with Crippen molar-refractivity contribution in [1.82, 2.24) is 5.32 Å². The fraction of sp³-hybridized carbons (Fsp3) is 0.562. The minimum atomic E-state index is -0.260. The smallest absolute Gasteiger partial charge is 0.220 e. The summed E-state index contributed by atoms with van der Waals surface area (Å²) in [6, 6.07) is 6.22. The molecule has 0 bridgehead atoms. The molecule has 110 valence electrons. The second kappa shape index (κ2) is 6.84. The summed E-state index contributed by atoms with van der Waals surface area (Å²) in [6.45, 7) is 0.705. The molecule has 0 radical (unpaired) electrons. The zero-order valence-electron chi connectivity index (χ0n) is 11.7. The number of aryl methyl sites for hydroxylation is 1. The molecule has 1 fully saturated rings. The minimum Gasteiger partial charge on any atom is -0.396 e. The van der Waals surface area contributed by atoms with Gasteiger partial charge in [-0.2, -0.15) is 0 Å². The van der Waals surface area contributed by atoms with E-state index in [1.165, 1.54) is 12.1 Å². The third-order valence-corrected chi connectivity index (χ3v) is 4.21. The molecule has 1 saturated carbocycles. The molecule has 4 heteroatoms. The lowest BCUT2D eigenvalue weighted by atomic mass is 9.87. The summed E-state index contributed by atoms with van der Waals surface area (Å²) in [4.78, 5) is 11.8. The van der Waals surface area contributed by atoms with E-state index in [9.17, 15) is 14.3 Å². The highest BCUT2D eigenvalue weighted by atomic mass is 19.1. The van der Waals surface area contributed by atoms with E-state index in [0.717, 1.165) is 31.2 Å². The zero-order chi connectivity index (χ0) is 14.4. The molecule has 0 atom stereocenters. The number of aliphatic hydroxyl groups excluding tert-OH is 1. The van der Waals surface area contributed by atoms with Crippen molar-refractivity contribution in [2.75, 3.05) is 13.2 Å². The van der Waals surface area contributed by atoms with Crippen LogP contribution >= 0.6 is 0 Å². The lowest BCUT2D eigenvalue weighted by Gasteiger charge is -2.26. The number of carbonyl (C=O) groups excluding carboxylic acids is 1. The van der Waals surface area contributed by atoms with E-state index in [4.69, 9.17) is 0 Å². The molecule has 1 amide bonds. The topological polar surface area (TPSA) is 49.3 Å². The fourth-order valence-electron chi connectivity index (χ4n) is 2.80. The lowest BCUT2D eigenvalue weighted by molar-refractivity contribution is -0.121. The van der Waals surface area contributed by atoms with Gasteiger partial charge in [0.15, 0.2) is 0 Å². The summed E-state index contributed by atoms with van der Waals surface area (Å²) in [5, 5.41) is 12.4. The van der Waals surface area contributed by atoms with Gasteiger partial charge in [-0.05, 0) is 37.0 Å². The Bertz CT molecular complexity index is 438. The number of benzene rings is 1. The van der Waals surface area contributed by atoms with E-state index in [-0.39, 0.29) is 23.7 Å². The molecule has 0 unspecified atom stereocenters. The molecule has 0 saturated heterocycles. The van der Waals surface area contributed by atoms with Crippen LogP contribution in [0.2, 0.25) is 0 Å². The first-order valence-corrected chi connectivity index (χ1v) is 7.26. The van der Waals surface area contributed by atoms with Gasteiger partial charge in [-0.3, -0.25) is 4.79 Å². The number of hydrogen-bond donors (Lipinski definition) is 2. The molecule has 2 N–H and O–H groups in total. The highest BCUT2D eigenvalue weighted by Crippen LogP contribution is 2.36. The SMILES string of the molecule is O=C(CCc1ccc(F)cc1)NCC1(CO)CCCC1. The van der Waals surface area contributed by atoms with Crippen LogP contribution in [0, 0.1) is 11.2 Å². The Morgan fingerprint density at radius 3 is 2.50 bits per heavy atom. The van der Waals surface area contributed by atoms with Crippen molar-refractivity contribution in [1.29, 1.82) is 0 Å². The van der Waals surface area contributed by atoms with Gasteiger partial charge < -0.3 is 10.4 Å². The minimum absolute atomic E-state index is 0.00551. The van der Waals surface area contributed by atoms with E-state index in [1.54, 1.807) is 12.1 Å². The Balaban J connectivity index is 1.74. The Labute approximate surface area is 119 Å². The van der Waals surface area contributed by atoms with Gasteiger partial charge in [-0.25, -0.2) is 4.39 Å². The van der Waals surface area contributed by atoms with Gasteiger partial charge in [0, 0.05) is 18.4 Å². The van der Waals surface area contributed by atoms with Gasteiger partial charge in [0.1, 0.15) is 5.82 Å². The summed E-state index contributed by atoms with van der Waals surface area (Å²) in [6.07, 6.45) is 5.24. The van der Waals surface area contributed by atoms with Crippen LogP contribution in [0.4, 0.5) is 4.39 Å². The van der Waals surface area contributed by atoms with Crippen LogP contribution in [-0.4, -0.2) is 24.2 Å². The summed E-state index contributed by atoms with van der Waals surface area (Å²) in [5.74, 6) is -0.265. The number of aliphatic hydroxyl groups is 1. The summed E-state index contributed by atoms with van der Waals surface area (Å²) in [7, 11) is 0. The standard InChI is InChI=1S/C16H22FNO2/c17-14-6-3-13(4-7-14)5-8-15(20)18-11-16(12-19)9-1-2-10-16/h3-4,6-7,19H,1-2,5,8-12H2,(H,18,20). The summed E-state index contributed by atoms with van der Waals surface area (Å²) in [5.41, 5.74) is 0.852. The maximum absolute atomic E-state index is 12.8. The molecular formula is C16H22FNO2. The number of hydrogen-bond acceptors (Lipinski definition) is 2. The van der Waals surface area contributed by atoms with Crippen LogP contribution in [0.5, 0.6) is 0 Å². The Kier molecular flexibility index (Phi) is 5.12. The fourth-order valence-corrected chi connectivity index (χ4v) is 2.80. The molecule has 3 nitrogen and oxygen atoms in total. The average molecular weight is 279 g/mol. The summed E-state index contributed by atoms with van der Waals surface area (Å²) >= 11 is 0. The average Bonchev–Trinajstić information content (AvgIpc) is 2.94. The molecule has 0 heterocycles. The highest BCUT2D eigenvalue weighted by molar-refractivity contribution is 5.76. The van der Waals surface area contributed by atoms with Gasteiger partial charge in [0.25, 0.3) is 0 Å². The molecule has 0 aliphatic heterocycles. The van der Waals surface area contributed by atoms with Crippen molar-refractivity contribution in [3.05, 3.63) is 35.6 Å². The van der Waals surface area contributed by atoms with Gasteiger partial charge in [0.2, 0.25) is 5.91 Å². The normalized spacial score (nSPS) is 17.1. The predicted molar refractivity (Wildman–Crippen MR) is 75.7 cm³/mol. The highest BCUT2D eigenvalue weighted by Gasteiger charge is 2.33. The second-order valence-electron chi connectivity index (χ2n) is 5.77. The quantitative estimate of drug-likeness (QED) is 0.840. The van der Waals surface area contributed by atoms with Gasteiger partial charge in [0.05, 0.1) is 6.61 Å². The van der Waals surface area contributed by atoms with E-state index >= 15 is 0 Å². The van der Waals surface area contributed by atoms with E-state index in [0.29, 0.717) is 19.4 Å². The molecule has 1 aromatic carbocycles. The largest absolute Gasteiger partial charge is 0.396 e. The molecule has 0 aromatic heterocycles. The molecule has 20 heavy (non-hydrogen) atoms. The first-order valence-electron chi connectivity index (χ1n) is 7.26. The number of halogens is 1. The molecule has 2 rings (SSSR count). The van der Waals surface area contributed by atoms with Crippen molar-refractivity contribution in [3.63, 3.8) is 0 Å². The number of carbonyl (C=O) groups is 1. The van der Waals surface area contributed by atoms with Crippen LogP contribution in [-0.2, 0) is 11.2 Å². The van der Waals surface area contributed by atoms with Crippen molar-refractivity contribution in [3.8, 4) is 0 Å². The van der Waals surface area contributed by atoms with Crippen LogP contribution < -0.4 is 5.32 Å². The van der Waals surface area contributed by atoms with E-state index in [1.807, 2.05) is 0 Å². The Hall–Kier alpha value is -1.42. The van der Waals surface area contributed by atoms with Gasteiger partial charge in [-0.15, -0.1) is 0 Å². The second-order valence-corrected chi connectivity index (χ2v) is 5.77. The number of rotatable bonds is 6. The first kappa shape index (κ1) is 15.0. The van der Waals surface area contributed by atoms with E-state index in [2.05, 4.69) is 5.32 Å². The molecular weight excluding hydrogens is 257 g/mol. The summed E-state index contributed by atoms with van der Waals surface area (Å²) < 4.78 is 12.8. The molecule has 1 aromatic rings. The van der Waals surface area contributed by atoms with Crippen LogP contribution in [0.1, 0.15) is 37.7 Å². The maximum Gasteiger partial charge on any atom is 0.220 e.